The van der Waals surface area contributed by atoms with Crippen molar-refractivity contribution < 1.29 is 9.13 Å². The van der Waals surface area contributed by atoms with E-state index in [9.17, 15) is 4.39 Å². The lowest BCUT2D eigenvalue weighted by Crippen LogP contribution is -2.30. The number of hydrogen-bond donors (Lipinski definition) is 1. The molecule has 2 rings (SSSR count). The molecule has 0 bridgehead atoms. The number of nitrogens with two attached hydrogens (primary N) is 1. The normalized spacial score (nSPS) is 25.1. The van der Waals surface area contributed by atoms with E-state index in [-0.39, 0.29) is 11.9 Å². The van der Waals surface area contributed by atoms with E-state index in [1.165, 1.54) is 32.4 Å². The molecule has 2 N–H and O–H groups in total. The minimum Gasteiger partial charge on any atom is -0.494 e. The first-order chi connectivity index (χ1) is 8.60. The third-order valence-corrected chi connectivity index (χ3v) is 4.03. The number of hydrogen-bond acceptors (Lipinski definition) is 2. The summed E-state index contributed by atoms with van der Waals surface area (Å²) in [5.41, 5.74) is 7.20. The van der Waals surface area contributed by atoms with E-state index in [1.54, 1.807) is 6.07 Å². The van der Waals surface area contributed by atoms with Gasteiger partial charge in [0.1, 0.15) is 0 Å². The third kappa shape index (κ3) is 3.02. The Morgan fingerprint density at radius 2 is 2.22 bits per heavy atom. The van der Waals surface area contributed by atoms with Crippen LogP contribution in [0.3, 0.4) is 0 Å². The number of rotatable bonds is 4. The first kappa shape index (κ1) is 13.3. The highest BCUT2D eigenvalue weighted by molar-refractivity contribution is 5.29. The Kier molecular flexibility index (Phi) is 4.23. The minimum absolute atomic E-state index is 0.141. The van der Waals surface area contributed by atoms with E-state index in [1.807, 2.05) is 6.07 Å². The van der Waals surface area contributed by atoms with E-state index < -0.39 is 0 Å². The minimum atomic E-state index is -0.304. The lowest BCUT2D eigenvalue weighted by Gasteiger charge is -2.19. The summed E-state index contributed by atoms with van der Waals surface area (Å²) in [7, 11) is 1.48. The Balaban J connectivity index is 1.98. The van der Waals surface area contributed by atoms with E-state index >= 15 is 0 Å². The van der Waals surface area contributed by atoms with Crippen LogP contribution in [0.2, 0.25) is 0 Å². The van der Waals surface area contributed by atoms with Gasteiger partial charge in [0.25, 0.3) is 0 Å². The summed E-state index contributed by atoms with van der Waals surface area (Å²) in [4.78, 5) is 0. The molecule has 0 aromatic heterocycles. The molecular formula is C15H22FNO. The molecule has 0 amide bonds. The molecular weight excluding hydrogens is 229 g/mol. The number of ether oxygens (including phenoxy) is 1. The average molecular weight is 251 g/mol. The molecule has 1 aliphatic carbocycles. The Morgan fingerprint density at radius 3 is 2.78 bits per heavy atom. The van der Waals surface area contributed by atoms with Gasteiger partial charge in [-0.3, -0.25) is 0 Å². The van der Waals surface area contributed by atoms with Crippen LogP contribution in [0.25, 0.3) is 0 Å². The van der Waals surface area contributed by atoms with Crippen molar-refractivity contribution in [3.8, 4) is 5.75 Å². The predicted octanol–water partition coefficient (Wildman–Crippen LogP) is 3.14. The highest BCUT2D eigenvalue weighted by atomic mass is 19.1. The third-order valence-electron chi connectivity index (χ3n) is 4.03. The van der Waals surface area contributed by atoms with Crippen molar-refractivity contribution >= 4 is 0 Å². The van der Waals surface area contributed by atoms with E-state index in [4.69, 9.17) is 10.5 Å². The Labute approximate surface area is 108 Å². The van der Waals surface area contributed by atoms with Crippen LogP contribution in [0.15, 0.2) is 18.2 Å². The standard InChI is InChI=1S/C15H22FNO/c1-10-3-5-12(7-10)14(17)9-11-4-6-15(18-2)13(16)8-11/h4,6,8,10,12,14H,3,5,7,9,17H2,1-2H3. The van der Waals surface area contributed by atoms with Gasteiger partial charge in [-0.25, -0.2) is 4.39 Å². The topological polar surface area (TPSA) is 35.2 Å². The number of benzene rings is 1. The number of halogens is 1. The fourth-order valence-corrected chi connectivity index (χ4v) is 2.92. The van der Waals surface area contributed by atoms with Crippen LogP contribution in [-0.2, 0) is 6.42 Å². The maximum Gasteiger partial charge on any atom is 0.165 e. The Morgan fingerprint density at radius 1 is 1.44 bits per heavy atom. The fourth-order valence-electron chi connectivity index (χ4n) is 2.92. The van der Waals surface area contributed by atoms with Crippen molar-refractivity contribution in [2.24, 2.45) is 17.6 Å². The maximum atomic E-state index is 13.6. The van der Waals surface area contributed by atoms with Gasteiger partial charge in [0.2, 0.25) is 0 Å². The van der Waals surface area contributed by atoms with Crippen LogP contribution in [0.4, 0.5) is 4.39 Å². The molecule has 3 heteroatoms. The molecule has 1 saturated carbocycles. The summed E-state index contributed by atoms with van der Waals surface area (Å²) in [5, 5.41) is 0. The van der Waals surface area contributed by atoms with Crippen molar-refractivity contribution in [2.45, 2.75) is 38.6 Å². The first-order valence-electron chi connectivity index (χ1n) is 6.68. The molecule has 100 valence electrons. The van der Waals surface area contributed by atoms with Crippen LogP contribution in [0.5, 0.6) is 5.75 Å². The summed E-state index contributed by atoms with van der Waals surface area (Å²) >= 11 is 0. The van der Waals surface area contributed by atoms with Crippen molar-refractivity contribution in [3.05, 3.63) is 29.6 Å². The quantitative estimate of drug-likeness (QED) is 0.892. The fraction of sp³-hybridized carbons (Fsp3) is 0.600. The molecule has 1 aromatic carbocycles. The van der Waals surface area contributed by atoms with Crippen LogP contribution in [0, 0.1) is 17.7 Å². The zero-order valence-electron chi connectivity index (χ0n) is 11.2. The Hall–Kier alpha value is -1.09. The zero-order valence-corrected chi connectivity index (χ0v) is 11.2. The molecule has 0 saturated heterocycles. The summed E-state index contributed by atoms with van der Waals surface area (Å²) in [6.07, 6.45) is 4.44. The highest BCUT2D eigenvalue weighted by Crippen LogP contribution is 2.33. The van der Waals surface area contributed by atoms with Crippen molar-refractivity contribution in [1.29, 1.82) is 0 Å². The van der Waals surface area contributed by atoms with E-state index in [0.717, 1.165) is 17.9 Å². The van der Waals surface area contributed by atoms with Crippen molar-refractivity contribution in [3.63, 3.8) is 0 Å². The van der Waals surface area contributed by atoms with Crippen LogP contribution in [-0.4, -0.2) is 13.2 Å². The summed E-state index contributed by atoms with van der Waals surface area (Å²) in [6.45, 7) is 2.28. The summed E-state index contributed by atoms with van der Waals surface area (Å²) in [6, 6.07) is 5.26. The van der Waals surface area contributed by atoms with Gasteiger partial charge in [-0.05, 0) is 48.8 Å². The van der Waals surface area contributed by atoms with E-state index in [2.05, 4.69) is 6.92 Å². The number of methoxy groups -OCH3 is 1. The van der Waals surface area contributed by atoms with Gasteiger partial charge in [0, 0.05) is 6.04 Å². The van der Waals surface area contributed by atoms with Gasteiger partial charge < -0.3 is 10.5 Å². The van der Waals surface area contributed by atoms with Gasteiger partial charge in [-0.2, -0.15) is 0 Å². The van der Waals surface area contributed by atoms with Gasteiger partial charge in [0.15, 0.2) is 11.6 Å². The molecule has 3 atom stereocenters. The van der Waals surface area contributed by atoms with Gasteiger partial charge in [-0.15, -0.1) is 0 Å². The Bertz CT molecular complexity index is 407. The van der Waals surface area contributed by atoms with Gasteiger partial charge in [0.05, 0.1) is 7.11 Å². The largest absolute Gasteiger partial charge is 0.494 e. The summed E-state index contributed by atoms with van der Waals surface area (Å²) in [5.74, 6) is 1.36. The lowest BCUT2D eigenvalue weighted by molar-refractivity contribution is 0.384. The van der Waals surface area contributed by atoms with Crippen molar-refractivity contribution in [2.75, 3.05) is 7.11 Å². The van der Waals surface area contributed by atoms with Crippen LogP contribution in [0.1, 0.15) is 31.7 Å². The molecule has 1 fully saturated rings. The van der Waals surface area contributed by atoms with E-state index in [0.29, 0.717) is 11.7 Å². The molecule has 1 aliphatic rings. The molecule has 0 spiro atoms. The second-order valence-electron chi connectivity index (χ2n) is 5.52. The molecule has 0 aliphatic heterocycles. The van der Waals surface area contributed by atoms with Crippen LogP contribution < -0.4 is 10.5 Å². The second kappa shape index (κ2) is 5.70. The molecule has 3 unspecified atom stereocenters. The smallest absolute Gasteiger partial charge is 0.165 e. The zero-order chi connectivity index (χ0) is 13.1. The monoisotopic (exact) mass is 251 g/mol. The maximum absolute atomic E-state index is 13.6. The average Bonchev–Trinajstić information content (AvgIpc) is 2.76. The predicted molar refractivity (Wildman–Crippen MR) is 71.1 cm³/mol. The highest BCUT2D eigenvalue weighted by Gasteiger charge is 2.26. The SMILES string of the molecule is COc1ccc(CC(N)C2CCC(C)C2)cc1F. The molecule has 1 aromatic rings. The first-order valence-corrected chi connectivity index (χ1v) is 6.68. The summed E-state index contributed by atoms with van der Waals surface area (Å²) < 4.78 is 18.5. The molecule has 0 heterocycles. The molecule has 18 heavy (non-hydrogen) atoms. The molecule has 2 nitrogen and oxygen atoms in total. The van der Waals surface area contributed by atoms with Crippen LogP contribution >= 0.6 is 0 Å². The van der Waals surface area contributed by atoms with Gasteiger partial charge >= 0.3 is 0 Å². The lowest BCUT2D eigenvalue weighted by atomic mass is 9.92. The van der Waals surface area contributed by atoms with Gasteiger partial charge in [-0.1, -0.05) is 19.4 Å². The van der Waals surface area contributed by atoms with Crippen molar-refractivity contribution in [1.82, 2.24) is 0 Å². The molecule has 0 radical (unpaired) electrons. The second-order valence-corrected chi connectivity index (χ2v) is 5.52.